The Morgan fingerprint density at radius 3 is 2.59 bits per heavy atom. The van der Waals surface area contributed by atoms with Gasteiger partial charge in [-0.2, -0.15) is 0 Å². The predicted molar refractivity (Wildman–Crippen MR) is 161 cm³/mol. The van der Waals surface area contributed by atoms with E-state index in [1.807, 2.05) is 36.4 Å². The molecule has 41 heavy (non-hydrogen) atoms. The molecule has 9 heteroatoms. The molecule has 0 radical (unpaired) electrons. The summed E-state index contributed by atoms with van der Waals surface area (Å²) in [5.74, 6) is 0.323. The van der Waals surface area contributed by atoms with Crippen molar-refractivity contribution in [1.82, 2.24) is 9.80 Å². The second-order valence-corrected chi connectivity index (χ2v) is 11.2. The number of carbonyl (C=O) groups is 3. The SMILES string of the molecule is C=CCc1cc(/C=C2\SC(=O)N(CC(=O)N3CCc4ccccc4C3)C2=O)cc(OC)c1OCc1ccc(Cl)cc1. The highest BCUT2D eigenvalue weighted by atomic mass is 35.5. The van der Waals surface area contributed by atoms with Crippen molar-refractivity contribution in [2.75, 3.05) is 20.2 Å². The number of hydrogen-bond acceptors (Lipinski definition) is 6. The highest BCUT2D eigenvalue weighted by Crippen LogP contribution is 2.37. The Bertz CT molecular complexity index is 1540. The number of rotatable bonds is 9. The van der Waals surface area contributed by atoms with Crippen LogP contribution in [0.4, 0.5) is 4.79 Å². The molecular formula is C32H29ClN2O5S. The molecule has 3 aromatic rings. The summed E-state index contributed by atoms with van der Waals surface area (Å²) < 4.78 is 11.8. The summed E-state index contributed by atoms with van der Waals surface area (Å²) >= 11 is 6.81. The molecule has 0 spiro atoms. The zero-order chi connectivity index (χ0) is 28.9. The molecule has 2 aliphatic rings. The third-order valence-corrected chi connectivity index (χ3v) is 8.14. The molecule has 0 unspecified atom stereocenters. The largest absolute Gasteiger partial charge is 0.493 e. The number of halogens is 1. The highest BCUT2D eigenvalue weighted by Gasteiger charge is 2.37. The smallest absolute Gasteiger partial charge is 0.294 e. The van der Waals surface area contributed by atoms with Crippen molar-refractivity contribution < 1.29 is 23.9 Å². The van der Waals surface area contributed by atoms with E-state index in [9.17, 15) is 14.4 Å². The molecule has 0 N–H and O–H groups in total. The molecule has 0 aliphatic carbocycles. The summed E-state index contributed by atoms with van der Waals surface area (Å²) in [5.41, 5.74) is 4.74. The van der Waals surface area contributed by atoms with Crippen molar-refractivity contribution in [3.63, 3.8) is 0 Å². The standard InChI is InChI=1S/C32H29ClN2O5S/c1-3-6-24-15-22(16-27(39-2)30(24)40-20-21-9-11-26(33)12-10-21)17-28-31(37)35(32(38)41-28)19-29(36)34-14-13-23-7-4-5-8-25(23)18-34/h3-5,7-12,15-17H,1,6,13-14,18-20H2,2H3/b28-17-. The lowest BCUT2D eigenvalue weighted by Gasteiger charge is -2.29. The van der Waals surface area contributed by atoms with Crippen molar-refractivity contribution in [2.45, 2.75) is 26.0 Å². The maximum atomic E-state index is 13.2. The third-order valence-electron chi connectivity index (χ3n) is 6.98. The normalized spacial score (nSPS) is 15.7. The van der Waals surface area contributed by atoms with Gasteiger partial charge in [-0.3, -0.25) is 19.3 Å². The van der Waals surface area contributed by atoms with Gasteiger partial charge < -0.3 is 14.4 Å². The molecule has 0 saturated carbocycles. The first-order chi connectivity index (χ1) is 19.9. The van der Waals surface area contributed by atoms with E-state index in [1.165, 1.54) is 5.56 Å². The first-order valence-electron chi connectivity index (χ1n) is 13.1. The topological polar surface area (TPSA) is 76.2 Å². The van der Waals surface area contributed by atoms with Gasteiger partial charge in [0.2, 0.25) is 5.91 Å². The van der Waals surface area contributed by atoms with Crippen LogP contribution in [0.15, 0.2) is 78.2 Å². The van der Waals surface area contributed by atoms with Crippen LogP contribution in [0.5, 0.6) is 11.5 Å². The van der Waals surface area contributed by atoms with Gasteiger partial charge >= 0.3 is 0 Å². The number of fused-ring (bicyclic) bond motifs is 1. The van der Waals surface area contributed by atoms with Crippen molar-refractivity contribution in [2.24, 2.45) is 0 Å². The fraction of sp³-hybridized carbons (Fsp3) is 0.219. The van der Waals surface area contributed by atoms with E-state index in [0.29, 0.717) is 48.2 Å². The molecule has 0 atom stereocenters. The number of methoxy groups -OCH3 is 1. The van der Waals surface area contributed by atoms with Gasteiger partial charge in [0.05, 0.1) is 12.0 Å². The number of imide groups is 1. The van der Waals surface area contributed by atoms with Crippen LogP contribution in [0.2, 0.25) is 5.02 Å². The summed E-state index contributed by atoms with van der Waals surface area (Å²) in [4.78, 5) is 42.0. The Morgan fingerprint density at radius 1 is 1.10 bits per heavy atom. The van der Waals surface area contributed by atoms with E-state index in [2.05, 4.69) is 12.6 Å². The van der Waals surface area contributed by atoms with Crippen LogP contribution in [-0.4, -0.2) is 47.1 Å². The van der Waals surface area contributed by atoms with Gasteiger partial charge in [-0.05, 0) is 77.2 Å². The maximum Gasteiger partial charge on any atom is 0.294 e. The van der Waals surface area contributed by atoms with Gasteiger partial charge in [0.25, 0.3) is 11.1 Å². The first kappa shape index (κ1) is 28.5. The number of nitrogens with zero attached hydrogens (tertiary/aromatic N) is 2. The molecule has 5 rings (SSSR count). The molecule has 210 valence electrons. The average Bonchev–Trinajstić information content (AvgIpc) is 3.24. The van der Waals surface area contributed by atoms with Crippen LogP contribution < -0.4 is 9.47 Å². The van der Waals surface area contributed by atoms with Crippen LogP contribution in [-0.2, 0) is 35.6 Å². The molecule has 3 amide bonds. The van der Waals surface area contributed by atoms with Crippen molar-refractivity contribution in [3.05, 3.63) is 111 Å². The molecule has 1 fully saturated rings. The number of ether oxygens (including phenoxy) is 2. The summed E-state index contributed by atoms with van der Waals surface area (Å²) in [7, 11) is 1.55. The number of hydrogen-bond donors (Lipinski definition) is 0. The van der Waals surface area contributed by atoms with Crippen LogP contribution in [0.3, 0.4) is 0 Å². The van der Waals surface area contributed by atoms with Gasteiger partial charge in [0, 0.05) is 23.7 Å². The van der Waals surface area contributed by atoms with Crippen molar-refractivity contribution in [3.8, 4) is 11.5 Å². The second-order valence-electron chi connectivity index (χ2n) is 9.72. The summed E-state index contributed by atoms with van der Waals surface area (Å²) in [6, 6.07) is 19.0. The Morgan fingerprint density at radius 2 is 1.85 bits per heavy atom. The zero-order valence-electron chi connectivity index (χ0n) is 22.6. The third kappa shape index (κ3) is 6.50. The predicted octanol–water partition coefficient (Wildman–Crippen LogP) is 6.28. The van der Waals surface area contributed by atoms with E-state index in [0.717, 1.165) is 39.8 Å². The lowest BCUT2D eigenvalue weighted by molar-refractivity contribution is -0.136. The van der Waals surface area contributed by atoms with Crippen LogP contribution in [0.1, 0.15) is 27.8 Å². The average molecular weight is 589 g/mol. The number of thioether (sulfide) groups is 1. The minimum atomic E-state index is -0.488. The highest BCUT2D eigenvalue weighted by molar-refractivity contribution is 8.18. The Kier molecular flexibility index (Phi) is 8.81. The lowest BCUT2D eigenvalue weighted by Crippen LogP contribution is -2.44. The zero-order valence-corrected chi connectivity index (χ0v) is 24.2. The summed E-state index contributed by atoms with van der Waals surface area (Å²) in [5, 5.41) is 0.183. The van der Waals surface area contributed by atoms with Crippen LogP contribution in [0, 0.1) is 0 Å². The van der Waals surface area contributed by atoms with E-state index < -0.39 is 11.1 Å². The van der Waals surface area contributed by atoms with Crippen molar-refractivity contribution in [1.29, 1.82) is 0 Å². The van der Waals surface area contributed by atoms with E-state index in [1.54, 1.807) is 42.4 Å². The Labute approximate surface area is 248 Å². The van der Waals surface area contributed by atoms with Gasteiger partial charge in [-0.1, -0.05) is 54.1 Å². The minimum Gasteiger partial charge on any atom is -0.493 e. The molecule has 1 saturated heterocycles. The quantitative estimate of drug-likeness (QED) is 0.216. The Hall–Kier alpha value is -4.01. The first-order valence-corrected chi connectivity index (χ1v) is 14.3. The van der Waals surface area contributed by atoms with Gasteiger partial charge in [0.15, 0.2) is 11.5 Å². The van der Waals surface area contributed by atoms with Gasteiger partial charge in [0.1, 0.15) is 13.2 Å². The minimum absolute atomic E-state index is 0.244. The fourth-order valence-corrected chi connectivity index (χ4v) is 5.82. The fourth-order valence-electron chi connectivity index (χ4n) is 4.86. The number of allylic oxidation sites excluding steroid dienone is 1. The van der Waals surface area contributed by atoms with Crippen molar-refractivity contribution >= 4 is 46.5 Å². The molecule has 2 aliphatic heterocycles. The summed E-state index contributed by atoms with van der Waals surface area (Å²) in [6.45, 7) is 4.91. The monoisotopic (exact) mass is 588 g/mol. The van der Waals surface area contributed by atoms with E-state index >= 15 is 0 Å². The van der Waals surface area contributed by atoms with Crippen LogP contribution >= 0.6 is 23.4 Å². The van der Waals surface area contributed by atoms with E-state index in [4.69, 9.17) is 21.1 Å². The number of benzene rings is 3. The molecule has 0 bridgehead atoms. The second kappa shape index (κ2) is 12.7. The Balaban J connectivity index is 1.32. The molecule has 7 nitrogen and oxygen atoms in total. The molecule has 3 aromatic carbocycles. The molecule has 2 heterocycles. The maximum absolute atomic E-state index is 13.2. The lowest BCUT2D eigenvalue weighted by atomic mass is 10.00. The van der Waals surface area contributed by atoms with Crippen LogP contribution in [0.25, 0.3) is 6.08 Å². The van der Waals surface area contributed by atoms with Gasteiger partial charge in [-0.25, -0.2) is 0 Å². The van der Waals surface area contributed by atoms with Gasteiger partial charge in [-0.15, -0.1) is 6.58 Å². The number of amides is 3. The number of carbonyl (C=O) groups excluding carboxylic acids is 3. The molecular weight excluding hydrogens is 560 g/mol. The summed E-state index contributed by atoms with van der Waals surface area (Å²) in [6.07, 6.45) is 4.65. The van der Waals surface area contributed by atoms with E-state index in [-0.39, 0.29) is 17.4 Å². The molecule has 0 aromatic heterocycles.